The van der Waals surface area contributed by atoms with Crippen molar-refractivity contribution in [3.05, 3.63) is 192 Å². The zero-order chi connectivity index (χ0) is 41.3. The largest absolute Gasteiger partial charge is 0.417 e. The summed E-state index contributed by atoms with van der Waals surface area (Å²) in [6, 6.07) is 56.3. The lowest BCUT2D eigenvalue weighted by atomic mass is 9.90. The molecule has 60 heavy (non-hydrogen) atoms. The molecular formula is C53H33F3N4. The summed E-state index contributed by atoms with van der Waals surface area (Å²) in [5.74, 6) is 0. The van der Waals surface area contributed by atoms with Gasteiger partial charge in [-0.3, -0.25) is 0 Å². The molecule has 286 valence electrons. The number of alkyl halides is 3. The number of fused-ring (bicyclic) bond motifs is 6. The molecular weight excluding hydrogens is 750 g/mol. The molecule has 0 N–H and O–H groups in total. The van der Waals surface area contributed by atoms with Gasteiger partial charge in [0.15, 0.2) is 0 Å². The lowest BCUT2D eigenvalue weighted by Crippen LogP contribution is -2.10. The monoisotopic (exact) mass is 782 g/mol. The Morgan fingerprint density at radius 2 is 0.900 bits per heavy atom. The summed E-state index contributed by atoms with van der Waals surface area (Å²) in [6.45, 7) is 4.17. The number of rotatable bonds is 5. The van der Waals surface area contributed by atoms with Gasteiger partial charge >= 0.3 is 6.18 Å². The number of nitrogens with zero attached hydrogens (tertiary/aromatic N) is 4. The van der Waals surface area contributed by atoms with E-state index in [1.54, 1.807) is 12.1 Å². The van der Waals surface area contributed by atoms with E-state index in [9.17, 15) is 23.7 Å². The molecule has 0 saturated carbocycles. The average Bonchev–Trinajstić information content (AvgIpc) is 3.77. The summed E-state index contributed by atoms with van der Waals surface area (Å²) in [5, 5.41) is 25.0. The second-order valence-electron chi connectivity index (χ2n) is 15.1. The Kier molecular flexibility index (Phi) is 8.45. The first-order chi connectivity index (χ1) is 29.2. The third kappa shape index (κ3) is 5.67. The first-order valence-corrected chi connectivity index (χ1v) is 19.5. The lowest BCUT2D eigenvalue weighted by Gasteiger charge is -2.21. The van der Waals surface area contributed by atoms with Gasteiger partial charge in [0, 0.05) is 32.7 Å². The van der Waals surface area contributed by atoms with Crippen molar-refractivity contribution in [1.82, 2.24) is 9.13 Å². The molecule has 0 aliphatic rings. The molecule has 0 fully saturated rings. The molecule has 10 aromatic rings. The maximum Gasteiger partial charge on any atom is 0.417 e. The molecule has 0 saturated heterocycles. The molecule has 0 bridgehead atoms. The van der Waals surface area contributed by atoms with Crippen LogP contribution in [0.5, 0.6) is 0 Å². The Balaban J connectivity index is 1.36. The standard InChI is InChI=1S/C53H33F3N4/c1-32-12-3-5-15-38(32)34-22-24-48-43(26-34)40-17-7-9-20-46(40)59(48)50-28-37(31-58)42(52-36(30-57)14-11-19-45(52)53(54,55)56)29-51(50)60-47-21-10-8-18-41(47)44-27-35(23-25-49(44)60)39-16-6-4-13-33(39)2/h3-29H,1-2H3. The van der Waals surface area contributed by atoms with E-state index >= 15 is 0 Å². The van der Waals surface area contributed by atoms with Crippen molar-refractivity contribution in [2.24, 2.45) is 0 Å². The predicted molar refractivity (Wildman–Crippen MR) is 235 cm³/mol. The van der Waals surface area contributed by atoms with E-state index in [0.717, 1.165) is 83.1 Å². The molecule has 0 atom stereocenters. The van der Waals surface area contributed by atoms with Gasteiger partial charge in [0.05, 0.1) is 62.3 Å². The average molecular weight is 783 g/mol. The Morgan fingerprint density at radius 1 is 0.433 bits per heavy atom. The van der Waals surface area contributed by atoms with Crippen molar-refractivity contribution in [2.45, 2.75) is 20.0 Å². The zero-order valence-corrected chi connectivity index (χ0v) is 32.5. The minimum atomic E-state index is -4.80. The Hall–Kier alpha value is -7.87. The number of para-hydroxylation sites is 2. The molecule has 0 spiro atoms. The second-order valence-corrected chi connectivity index (χ2v) is 15.1. The fourth-order valence-electron chi connectivity index (χ4n) is 9.00. The van der Waals surface area contributed by atoms with Crippen molar-refractivity contribution >= 4 is 43.6 Å². The van der Waals surface area contributed by atoms with Gasteiger partial charge in [-0.2, -0.15) is 23.7 Å². The third-order valence-corrected chi connectivity index (χ3v) is 11.7. The summed E-state index contributed by atoms with van der Waals surface area (Å²) >= 11 is 0. The molecule has 0 radical (unpaired) electrons. The summed E-state index contributed by atoms with van der Waals surface area (Å²) < 4.78 is 48.9. The van der Waals surface area contributed by atoms with Crippen LogP contribution in [0.25, 0.3) is 88.4 Å². The number of halogens is 3. The van der Waals surface area contributed by atoms with Gasteiger partial charge in [0.1, 0.15) is 0 Å². The molecule has 0 unspecified atom stereocenters. The smallest absolute Gasteiger partial charge is 0.307 e. The molecule has 0 aliphatic heterocycles. The van der Waals surface area contributed by atoms with Gasteiger partial charge in [-0.15, -0.1) is 0 Å². The zero-order valence-electron chi connectivity index (χ0n) is 32.5. The normalized spacial score (nSPS) is 11.7. The molecule has 8 aromatic carbocycles. The van der Waals surface area contributed by atoms with Gasteiger partial charge in [0.2, 0.25) is 0 Å². The van der Waals surface area contributed by atoms with Crippen molar-refractivity contribution in [1.29, 1.82) is 10.5 Å². The number of aryl methyl sites for hydroxylation is 2. The lowest BCUT2D eigenvalue weighted by molar-refractivity contribution is -0.137. The van der Waals surface area contributed by atoms with Crippen LogP contribution in [-0.2, 0) is 6.18 Å². The van der Waals surface area contributed by atoms with E-state index in [1.807, 2.05) is 66.7 Å². The van der Waals surface area contributed by atoms with Crippen LogP contribution in [-0.4, -0.2) is 9.13 Å². The SMILES string of the molecule is Cc1ccccc1-c1ccc2c(c1)c1ccccc1n2-c1cc(C#N)c(-c2c(C#N)cccc2C(F)(F)F)cc1-n1c2ccccc2c2cc(-c3ccccc3C)ccc21. The van der Waals surface area contributed by atoms with Crippen LogP contribution in [0.2, 0.25) is 0 Å². The number of hydrogen-bond donors (Lipinski definition) is 0. The minimum absolute atomic E-state index is 0.00650. The maximum atomic E-state index is 14.9. The quantitative estimate of drug-likeness (QED) is 0.175. The first-order valence-electron chi connectivity index (χ1n) is 19.5. The molecule has 2 heterocycles. The van der Waals surface area contributed by atoms with Gasteiger partial charge in [-0.05, 0) is 108 Å². The third-order valence-electron chi connectivity index (χ3n) is 11.7. The number of benzene rings is 8. The van der Waals surface area contributed by atoms with E-state index in [1.165, 1.54) is 12.1 Å². The van der Waals surface area contributed by atoms with Crippen LogP contribution in [0.3, 0.4) is 0 Å². The van der Waals surface area contributed by atoms with Crippen LogP contribution >= 0.6 is 0 Å². The minimum Gasteiger partial charge on any atom is -0.307 e. The highest BCUT2D eigenvalue weighted by Gasteiger charge is 2.36. The summed E-state index contributed by atoms with van der Waals surface area (Å²) in [4.78, 5) is 0. The maximum absolute atomic E-state index is 14.9. The van der Waals surface area contributed by atoms with Crippen LogP contribution in [0.15, 0.2) is 164 Å². The van der Waals surface area contributed by atoms with Gasteiger partial charge < -0.3 is 9.13 Å². The van der Waals surface area contributed by atoms with Crippen LogP contribution in [0.1, 0.15) is 27.8 Å². The highest BCUT2D eigenvalue weighted by Crippen LogP contribution is 2.45. The Labute approximate surface area is 343 Å². The van der Waals surface area contributed by atoms with E-state index < -0.39 is 11.7 Å². The van der Waals surface area contributed by atoms with Gasteiger partial charge in [-0.1, -0.05) is 103 Å². The fourth-order valence-corrected chi connectivity index (χ4v) is 9.00. The Morgan fingerprint density at radius 3 is 1.40 bits per heavy atom. The van der Waals surface area contributed by atoms with Crippen LogP contribution in [0.4, 0.5) is 13.2 Å². The van der Waals surface area contributed by atoms with Crippen molar-refractivity contribution in [3.63, 3.8) is 0 Å². The van der Waals surface area contributed by atoms with Crippen molar-refractivity contribution in [2.75, 3.05) is 0 Å². The fraction of sp³-hybridized carbons (Fsp3) is 0.0566. The second kappa shape index (κ2) is 13.9. The van der Waals surface area contributed by atoms with Crippen LogP contribution in [0, 0.1) is 36.5 Å². The van der Waals surface area contributed by atoms with Crippen molar-refractivity contribution < 1.29 is 13.2 Å². The van der Waals surface area contributed by atoms with Gasteiger partial charge in [-0.25, -0.2) is 0 Å². The topological polar surface area (TPSA) is 57.4 Å². The molecule has 0 amide bonds. The highest BCUT2D eigenvalue weighted by atomic mass is 19.4. The summed E-state index contributed by atoms with van der Waals surface area (Å²) in [7, 11) is 0. The molecule has 4 nitrogen and oxygen atoms in total. The van der Waals surface area contributed by atoms with Crippen molar-refractivity contribution in [3.8, 4) is 56.9 Å². The number of aromatic nitrogens is 2. The van der Waals surface area contributed by atoms with Gasteiger partial charge in [0.25, 0.3) is 0 Å². The van der Waals surface area contributed by atoms with E-state index in [4.69, 9.17) is 0 Å². The van der Waals surface area contributed by atoms with E-state index in [2.05, 4.69) is 102 Å². The number of nitriles is 2. The molecule has 10 rings (SSSR count). The summed E-state index contributed by atoms with van der Waals surface area (Å²) in [5.41, 5.74) is 9.64. The molecule has 7 heteroatoms. The molecule has 0 aliphatic carbocycles. The highest BCUT2D eigenvalue weighted by molar-refractivity contribution is 6.13. The van der Waals surface area contributed by atoms with E-state index in [-0.39, 0.29) is 22.3 Å². The first kappa shape index (κ1) is 36.5. The van der Waals surface area contributed by atoms with E-state index in [0.29, 0.717) is 11.4 Å². The van der Waals surface area contributed by atoms with Crippen LogP contribution < -0.4 is 0 Å². The predicted octanol–water partition coefficient (Wildman–Crippen LogP) is 14.3. The Bertz CT molecular complexity index is 3480. The summed E-state index contributed by atoms with van der Waals surface area (Å²) in [6.07, 6.45) is -4.80. The number of hydrogen-bond acceptors (Lipinski definition) is 2. The molecule has 2 aromatic heterocycles.